The Bertz CT molecular complexity index is 387. The van der Waals surface area contributed by atoms with Crippen molar-refractivity contribution in [2.45, 2.75) is 53.5 Å². The number of hydrogen-bond donors (Lipinski definition) is 1. The lowest BCUT2D eigenvalue weighted by atomic mass is 10.1. The summed E-state index contributed by atoms with van der Waals surface area (Å²) in [7, 11) is 0. The van der Waals surface area contributed by atoms with Gasteiger partial charge in [0, 0.05) is 19.6 Å². The summed E-state index contributed by atoms with van der Waals surface area (Å²) >= 11 is 0. The Morgan fingerprint density at radius 1 is 1.00 bits per heavy atom. The average Bonchev–Trinajstić information content (AvgIpc) is 2.48. The van der Waals surface area contributed by atoms with Crippen LogP contribution in [0.3, 0.4) is 0 Å². The van der Waals surface area contributed by atoms with Gasteiger partial charge in [-0.05, 0) is 50.4 Å². The van der Waals surface area contributed by atoms with Crippen LogP contribution < -0.4 is 15.0 Å². The molecule has 3 heteroatoms. The van der Waals surface area contributed by atoms with Crippen molar-refractivity contribution in [3.8, 4) is 5.75 Å². The Kier molecular flexibility index (Phi) is 8.91. The quantitative estimate of drug-likeness (QED) is 0.618. The van der Waals surface area contributed by atoms with Gasteiger partial charge in [0.1, 0.15) is 5.75 Å². The second-order valence-electron chi connectivity index (χ2n) is 5.40. The van der Waals surface area contributed by atoms with Crippen LogP contribution in [0.2, 0.25) is 0 Å². The first-order chi connectivity index (χ1) is 10.3. The van der Waals surface area contributed by atoms with Crippen molar-refractivity contribution < 1.29 is 4.74 Å². The van der Waals surface area contributed by atoms with E-state index in [0.29, 0.717) is 6.61 Å². The third-order valence-electron chi connectivity index (χ3n) is 3.41. The van der Waals surface area contributed by atoms with Crippen LogP contribution >= 0.6 is 0 Å². The molecule has 0 aliphatic rings. The minimum Gasteiger partial charge on any atom is -0.492 e. The molecule has 0 amide bonds. The predicted octanol–water partition coefficient (Wildman–Crippen LogP) is 4.21. The largest absolute Gasteiger partial charge is 0.492 e. The second kappa shape index (κ2) is 10.5. The summed E-state index contributed by atoms with van der Waals surface area (Å²) in [5, 5.41) is 3.45. The molecule has 1 aromatic carbocycles. The number of nitrogens with zero attached hydrogens (tertiary/aromatic N) is 1. The van der Waals surface area contributed by atoms with E-state index in [1.165, 1.54) is 11.3 Å². The van der Waals surface area contributed by atoms with Gasteiger partial charge in [-0.15, -0.1) is 0 Å². The van der Waals surface area contributed by atoms with E-state index in [1.807, 2.05) is 0 Å². The summed E-state index contributed by atoms with van der Waals surface area (Å²) in [4.78, 5) is 2.44. The molecule has 0 aliphatic heterocycles. The summed E-state index contributed by atoms with van der Waals surface area (Å²) in [6.07, 6.45) is 3.48. The van der Waals surface area contributed by atoms with Gasteiger partial charge in [-0.3, -0.25) is 0 Å². The van der Waals surface area contributed by atoms with E-state index in [9.17, 15) is 0 Å². The lowest BCUT2D eigenvalue weighted by Gasteiger charge is -2.26. The van der Waals surface area contributed by atoms with Crippen LogP contribution in [-0.2, 0) is 6.54 Å². The van der Waals surface area contributed by atoms with E-state index in [4.69, 9.17) is 4.74 Å². The number of ether oxygens (including phenoxy) is 1. The van der Waals surface area contributed by atoms with E-state index in [-0.39, 0.29) is 0 Å². The highest BCUT2D eigenvalue weighted by Gasteiger charge is 2.12. The Labute approximate surface area is 130 Å². The molecule has 1 N–H and O–H groups in total. The van der Waals surface area contributed by atoms with Crippen LogP contribution in [0.5, 0.6) is 5.75 Å². The molecule has 0 saturated carbocycles. The Balaban J connectivity index is 2.90. The van der Waals surface area contributed by atoms with Crippen LogP contribution in [-0.4, -0.2) is 26.2 Å². The normalized spacial score (nSPS) is 10.7. The predicted molar refractivity (Wildman–Crippen MR) is 92.4 cm³/mol. The molecule has 0 radical (unpaired) electrons. The fraction of sp³-hybridized carbons (Fsp3) is 0.667. The molecule has 0 aromatic heterocycles. The summed E-state index contributed by atoms with van der Waals surface area (Å²) in [5.41, 5.74) is 2.53. The van der Waals surface area contributed by atoms with Crippen molar-refractivity contribution in [1.82, 2.24) is 5.32 Å². The van der Waals surface area contributed by atoms with Crippen molar-refractivity contribution in [1.29, 1.82) is 0 Å². The third kappa shape index (κ3) is 5.96. The van der Waals surface area contributed by atoms with Crippen LogP contribution in [0.25, 0.3) is 0 Å². The molecule has 0 aliphatic carbocycles. The SMILES string of the molecule is CCCNCc1ccc(N(CCC)CCC)c(OCC)c1. The highest BCUT2D eigenvalue weighted by molar-refractivity contribution is 5.60. The van der Waals surface area contributed by atoms with Gasteiger partial charge in [-0.2, -0.15) is 0 Å². The van der Waals surface area contributed by atoms with Gasteiger partial charge >= 0.3 is 0 Å². The first kappa shape index (κ1) is 17.8. The van der Waals surface area contributed by atoms with E-state index in [0.717, 1.165) is 51.2 Å². The fourth-order valence-corrected chi connectivity index (χ4v) is 2.50. The van der Waals surface area contributed by atoms with Crippen molar-refractivity contribution in [3.63, 3.8) is 0 Å². The van der Waals surface area contributed by atoms with E-state index in [2.05, 4.69) is 56.1 Å². The molecule has 0 unspecified atom stereocenters. The van der Waals surface area contributed by atoms with Crippen molar-refractivity contribution in [2.24, 2.45) is 0 Å². The molecular formula is C18H32N2O. The van der Waals surface area contributed by atoms with Gasteiger partial charge in [0.2, 0.25) is 0 Å². The van der Waals surface area contributed by atoms with Gasteiger partial charge in [0.15, 0.2) is 0 Å². The lowest BCUT2D eigenvalue weighted by molar-refractivity contribution is 0.340. The van der Waals surface area contributed by atoms with E-state index in [1.54, 1.807) is 0 Å². The average molecular weight is 292 g/mol. The monoisotopic (exact) mass is 292 g/mol. The molecule has 0 atom stereocenters. The van der Waals surface area contributed by atoms with Crippen LogP contribution in [0.1, 0.15) is 52.5 Å². The van der Waals surface area contributed by atoms with E-state index >= 15 is 0 Å². The summed E-state index contributed by atoms with van der Waals surface area (Å²) in [6, 6.07) is 6.64. The first-order valence-corrected chi connectivity index (χ1v) is 8.48. The Morgan fingerprint density at radius 3 is 2.29 bits per heavy atom. The number of benzene rings is 1. The van der Waals surface area contributed by atoms with Crippen LogP contribution in [0.15, 0.2) is 18.2 Å². The minimum atomic E-state index is 0.713. The second-order valence-corrected chi connectivity index (χ2v) is 5.40. The van der Waals surface area contributed by atoms with Crippen molar-refractivity contribution in [3.05, 3.63) is 23.8 Å². The molecule has 0 fully saturated rings. The molecule has 0 bridgehead atoms. The third-order valence-corrected chi connectivity index (χ3v) is 3.41. The zero-order chi connectivity index (χ0) is 15.5. The van der Waals surface area contributed by atoms with Crippen LogP contribution in [0, 0.1) is 0 Å². The van der Waals surface area contributed by atoms with Crippen LogP contribution in [0.4, 0.5) is 5.69 Å². The Morgan fingerprint density at radius 2 is 1.71 bits per heavy atom. The molecule has 3 nitrogen and oxygen atoms in total. The number of rotatable bonds is 11. The molecular weight excluding hydrogens is 260 g/mol. The van der Waals surface area contributed by atoms with Gasteiger partial charge < -0.3 is 15.0 Å². The summed E-state index contributed by atoms with van der Waals surface area (Å²) in [5.74, 6) is 1.02. The maximum absolute atomic E-state index is 5.89. The van der Waals surface area contributed by atoms with Gasteiger partial charge in [0.25, 0.3) is 0 Å². The minimum absolute atomic E-state index is 0.713. The topological polar surface area (TPSA) is 24.5 Å². The number of anilines is 1. The van der Waals surface area contributed by atoms with Gasteiger partial charge in [0.05, 0.1) is 12.3 Å². The number of nitrogens with one attached hydrogen (secondary N) is 1. The molecule has 0 spiro atoms. The standard InChI is InChI=1S/C18H32N2O/c1-5-11-19-15-16-9-10-17(18(14-16)21-8-4)20(12-6-2)13-7-3/h9-10,14,19H,5-8,11-13,15H2,1-4H3. The highest BCUT2D eigenvalue weighted by Crippen LogP contribution is 2.30. The van der Waals surface area contributed by atoms with E-state index < -0.39 is 0 Å². The van der Waals surface area contributed by atoms with Gasteiger partial charge in [-0.25, -0.2) is 0 Å². The number of hydrogen-bond acceptors (Lipinski definition) is 3. The van der Waals surface area contributed by atoms with Gasteiger partial charge in [-0.1, -0.05) is 26.8 Å². The molecule has 21 heavy (non-hydrogen) atoms. The first-order valence-electron chi connectivity index (χ1n) is 8.48. The fourth-order valence-electron chi connectivity index (χ4n) is 2.50. The molecule has 0 saturated heterocycles. The highest BCUT2D eigenvalue weighted by atomic mass is 16.5. The molecule has 0 heterocycles. The maximum atomic E-state index is 5.89. The maximum Gasteiger partial charge on any atom is 0.142 e. The summed E-state index contributed by atoms with van der Waals surface area (Å²) in [6.45, 7) is 13.6. The summed E-state index contributed by atoms with van der Waals surface area (Å²) < 4.78 is 5.89. The van der Waals surface area contributed by atoms with Crippen molar-refractivity contribution >= 4 is 5.69 Å². The smallest absolute Gasteiger partial charge is 0.142 e. The molecule has 120 valence electrons. The lowest BCUT2D eigenvalue weighted by Crippen LogP contribution is -2.25. The zero-order valence-corrected chi connectivity index (χ0v) is 14.2. The van der Waals surface area contributed by atoms with Crippen molar-refractivity contribution in [2.75, 3.05) is 31.1 Å². The molecule has 1 aromatic rings. The Hall–Kier alpha value is -1.22. The molecule has 1 rings (SSSR count). The zero-order valence-electron chi connectivity index (χ0n) is 14.2.